The van der Waals surface area contributed by atoms with Gasteiger partial charge in [-0.1, -0.05) is 24.3 Å². The fraction of sp³-hybridized carbons (Fsp3) is 0.378. The average molecular weight is 682 g/mol. The van der Waals surface area contributed by atoms with Crippen molar-refractivity contribution in [2.24, 2.45) is 0 Å². The first kappa shape index (κ1) is 33.2. The number of benzene rings is 2. The van der Waals surface area contributed by atoms with E-state index in [1.54, 1.807) is 57.5 Å². The van der Waals surface area contributed by atoms with E-state index in [-0.39, 0.29) is 45.4 Å². The molecule has 2 saturated heterocycles. The smallest absolute Gasteiger partial charge is 0.416 e. The number of carbonyl (C=O) groups is 4. The van der Waals surface area contributed by atoms with E-state index in [0.29, 0.717) is 41.4 Å². The number of nitrogens with zero attached hydrogens (tertiary/aromatic N) is 3. The SMILES string of the molecule is C/C=C(/C)OC(=O)N1CC(c2cccc(OC)c2)N(CC(=O)Nc2ccc3c(c2)C[C@@]2(C3)C(=O)Nc3ncccc32)C(=O)C12COCCOC2. The molecular formula is C37H39N5O8. The summed E-state index contributed by atoms with van der Waals surface area (Å²) in [5.74, 6) is 0.506. The van der Waals surface area contributed by atoms with Crippen LogP contribution < -0.4 is 15.4 Å². The highest BCUT2D eigenvalue weighted by atomic mass is 16.6. The van der Waals surface area contributed by atoms with Gasteiger partial charge < -0.3 is 34.5 Å². The Labute approximate surface area is 289 Å². The molecule has 2 spiro atoms. The van der Waals surface area contributed by atoms with E-state index in [2.05, 4.69) is 15.6 Å². The number of nitrogens with one attached hydrogen (secondary N) is 2. The topological polar surface area (TPSA) is 149 Å². The third-order valence-electron chi connectivity index (χ3n) is 10.1. The molecule has 3 aliphatic heterocycles. The normalized spacial score (nSPS) is 22.5. The van der Waals surface area contributed by atoms with Crippen LogP contribution in [0.1, 0.15) is 42.1 Å². The van der Waals surface area contributed by atoms with E-state index in [0.717, 1.165) is 16.7 Å². The molecule has 4 amide bonds. The number of aromatic nitrogens is 1. The number of carbonyl (C=O) groups excluding carboxylic acids is 4. The molecule has 0 saturated carbocycles. The Morgan fingerprint density at radius 1 is 1.06 bits per heavy atom. The van der Waals surface area contributed by atoms with Gasteiger partial charge in [0.25, 0.3) is 5.91 Å². The summed E-state index contributed by atoms with van der Waals surface area (Å²) in [5, 5.41) is 5.89. The monoisotopic (exact) mass is 681 g/mol. The molecule has 4 heterocycles. The van der Waals surface area contributed by atoms with Crippen molar-refractivity contribution in [2.75, 3.05) is 57.3 Å². The largest absolute Gasteiger partial charge is 0.497 e. The first-order chi connectivity index (χ1) is 24.2. The van der Waals surface area contributed by atoms with Gasteiger partial charge in [-0.3, -0.25) is 19.3 Å². The van der Waals surface area contributed by atoms with Crippen LogP contribution in [-0.2, 0) is 46.9 Å². The number of hydrogen-bond acceptors (Lipinski definition) is 9. The van der Waals surface area contributed by atoms with Crippen molar-refractivity contribution in [3.05, 3.63) is 94.9 Å². The van der Waals surface area contributed by atoms with Crippen LogP contribution in [0.2, 0.25) is 0 Å². The van der Waals surface area contributed by atoms with Gasteiger partial charge in [0.1, 0.15) is 23.9 Å². The average Bonchev–Trinajstić information content (AvgIpc) is 3.51. The summed E-state index contributed by atoms with van der Waals surface area (Å²) in [5.41, 5.74) is 1.76. The summed E-state index contributed by atoms with van der Waals surface area (Å²) in [6.07, 6.45) is 3.60. The summed E-state index contributed by atoms with van der Waals surface area (Å²) in [4.78, 5) is 62.6. The fourth-order valence-corrected chi connectivity index (χ4v) is 7.41. The number of amides is 4. The maximum absolute atomic E-state index is 14.7. The van der Waals surface area contributed by atoms with Crippen LogP contribution in [0.5, 0.6) is 5.75 Å². The predicted molar refractivity (Wildman–Crippen MR) is 181 cm³/mol. The van der Waals surface area contributed by atoms with Gasteiger partial charge in [0.15, 0.2) is 5.54 Å². The summed E-state index contributed by atoms with van der Waals surface area (Å²) < 4.78 is 22.7. The van der Waals surface area contributed by atoms with Crippen molar-refractivity contribution in [3.63, 3.8) is 0 Å². The minimum Gasteiger partial charge on any atom is -0.497 e. The van der Waals surface area contributed by atoms with Crippen molar-refractivity contribution in [2.45, 2.75) is 43.7 Å². The molecule has 0 radical (unpaired) electrons. The van der Waals surface area contributed by atoms with Gasteiger partial charge in [-0.05, 0) is 79.8 Å². The lowest BCUT2D eigenvalue weighted by atomic mass is 9.79. The first-order valence-corrected chi connectivity index (χ1v) is 16.6. The van der Waals surface area contributed by atoms with Gasteiger partial charge in [0.05, 0.1) is 51.5 Å². The molecule has 0 bridgehead atoms. The quantitative estimate of drug-likeness (QED) is 0.371. The third kappa shape index (κ3) is 5.75. The van der Waals surface area contributed by atoms with Gasteiger partial charge in [-0.15, -0.1) is 0 Å². The predicted octanol–water partition coefficient (Wildman–Crippen LogP) is 3.75. The van der Waals surface area contributed by atoms with Crippen molar-refractivity contribution < 1.29 is 38.1 Å². The second kappa shape index (κ2) is 13.2. The number of pyridine rings is 1. The summed E-state index contributed by atoms with van der Waals surface area (Å²) in [6.45, 7) is 3.33. The van der Waals surface area contributed by atoms with Gasteiger partial charge in [-0.2, -0.15) is 0 Å². The number of ether oxygens (including phenoxy) is 4. The molecule has 2 aromatic carbocycles. The molecule has 13 nitrogen and oxygen atoms in total. The van der Waals surface area contributed by atoms with Crippen LogP contribution in [0.25, 0.3) is 0 Å². The van der Waals surface area contributed by atoms with E-state index < -0.39 is 34.9 Å². The van der Waals surface area contributed by atoms with Gasteiger partial charge in [-0.25, -0.2) is 9.78 Å². The number of anilines is 2. The summed E-state index contributed by atoms with van der Waals surface area (Å²) >= 11 is 0. The Hall–Kier alpha value is -5.27. The van der Waals surface area contributed by atoms with Crippen LogP contribution in [0.3, 0.4) is 0 Å². The molecule has 2 N–H and O–H groups in total. The van der Waals surface area contributed by atoms with Gasteiger partial charge in [0.2, 0.25) is 11.8 Å². The van der Waals surface area contributed by atoms with E-state index in [1.807, 2.05) is 30.3 Å². The van der Waals surface area contributed by atoms with Crippen molar-refractivity contribution in [1.82, 2.24) is 14.8 Å². The van der Waals surface area contributed by atoms with E-state index >= 15 is 0 Å². The Bertz CT molecular complexity index is 1890. The fourth-order valence-electron chi connectivity index (χ4n) is 7.41. The molecule has 1 aromatic heterocycles. The second-order valence-corrected chi connectivity index (χ2v) is 13.1. The zero-order valence-electron chi connectivity index (χ0n) is 28.2. The number of piperazine rings is 1. The van der Waals surface area contributed by atoms with Crippen molar-refractivity contribution in [1.29, 1.82) is 0 Å². The van der Waals surface area contributed by atoms with E-state index in [1.165, 1.54) is 9.80 Å². The minimum atomic E-state index is -1.56. The molecule has 260 valence electrons. The molecule has 7 rings (SSSR count). The third-order valence-corrected chi connectivity index (χ3v) is 10.1. The highest BCUT2D eigenvalue weighted by molar-refractivity contribution is 6.06. The zero-order chi connectivity index (χ0) is 35.0. The Balaban J connectivity index is 1.17. The molecule has 1 aliphatic carbocycles. The van der Waals surface area contributed by atoms with Crippen molar-refractivity contribution in [3.8, 4) is 5.75 Å². The molecule has 2 atom stereocenters. The number of rotatable bonds is 6. The molecule has 50 heavy (non-hydrogen) atoms. The lowest BCUT2D eigenvalue weighted by molar-refractivity contribution is -0.163. The number of methoxy groups -OCH3 is 1. The number of fused-ring (bicyclic) bond motifs is 3. The summed E-state index contributed by atoms with van der Waals surface area (Å²) in [6, 6.07) is 15.8. The lowest BCUT2D eigenvalue weighted by Gasteiger charge is -2.51. The van der Waals surface area contributed by atoms with E-state index in [9.17, 15) is 19.2 Å². The zero-order valence-corrected chi connectivity index (χ0v) is 28.2. The maximum atomic E-state index is 14.7. The molecular weight excluding hydrogens is 642 g/mol. The van der Waals surface area contributed by atoms with Gasteiger partial charge >= 0.3 is 6.09 Å². The molecule has 1 unspecified atom stereocenters. The highest BCUT2D eigenvalue weighted by Crippen LogP contribution is 2.47. The Morgan fingerprint density at radius 2 is 1.84 bits per heavy atom. The Kier molecular flexibility index (Phi) is 8.78. The van der Waals surface area contributed by atoms with Crippen LogP contribution in [0.4, 0.5) is 16.3 Å². The number of hydrogen-bond donors (Lipinski definition) is 2. The Morgan fingerprint density at radius 3 is 2.60 bits per heavy atom. The van der Waals surface area contributed by atoms with Crippen LogP contribution in [0, 0.1) is 0 Å². The van der Waals surface area contributed by atoms with Gasteiger partial charge in [0, 0.05) is 17.4 Å². The summed E-state index contributed by atoms with van der Waals surface area (Å²) in [7, 11) is 1.54. The van der Waals surface area contributed by atoms with E-state index in [4.69, 9.17) is 18.9 Å². The molecule has 13 heteroatoms. The maximum Gasteiger partial charge on any atom is 0.416 e. The number of allylic oxidation sites excluding steroid dienone is 2. The van der Waals surface area contributed by atoms with Crippen LogP contribution in [0.15, 0.2) is 72.6 Å². The standard InChI is InChI=1S/C37H39N5O8/c1-4-23(2)50-35(46)42-19-30(24-7-5-8-28(16-24)47-3)41(34(45)37(42)21-48-13-14-49-22-37)20-31(43)39-27-11-10-25-17-36(18-26(25)15-27)29-9-6-12-38-32(29)40-33(36)44/h4-12,15-16,30H,13-14,17-22H2,1-3H3,(H,39,43)(H,38,40,44)/b23-4-/t30?,36-/m1/s1. The first-order valence-electron chi connectivity index (χ1n) is 16.6. The molecule has 3 aromatic rings. The highest BCUT2D eigenvalue weighted by Gasteiger charge is 2.57. The molecule has 2 fully saturated rings. The second-order valence-electron chi connectivity index (χ2n) is 13.1. The van der Waals surface area contributed by atoms with Crippen molar-refractivity contribution >= 4 is 35.3 Å². The van der Waals surface area contributed by atoms with Crippen LogP contribution >= 0.6 is 0 Å². The van der Waals surface area contributed by atoms with Crippen LogP contribution in [-0.4, -0.2) is 90.8 Å². The lowest BCUT2D eigenvalue weighted by Crippen LogP contribution is -2.72. The molecule has 4 aliphatic rings. The minimum absolute atomic E-state index is 0.00799.